The van der Waals surface area contributed by atoms with Gasteiger partial charge in [0.1, 0.15) is 4.83 Å². The van der Waals surface area contributed by atoms with Crippen LogP contribution in [0.4, 0.5) is 13.2 Å². The number of thiophene rings is 1. The monoisotopic (exact) mass is 432 g/mol. The summed E-state index contributed by atoms with van der Waals surface area (Å²) in [6.45, 7) is 1.19. The Morgan fingerprint density at radius 1 is 1.17 bits per heavy atom. The number of halogens is 3. The fourth-order valence-electron chi connectivity index (χ4n) is 3.04. The summed E-state index contributed by atoms with van der Waals surface area (Å²) in [4.78, 5) is 40.7. The van der Waals surface area contributed by atoms with Crippen LogP contribution in [0, 0.1) is 6.92 Å². The first kappa shape index (κ1) is 21.1. The number of nitrogens with zero attached hydrogens (tertiary/aromatic N) is 3. The van der Waals surface area contributed by atoms with Crippen molar-refractivity contribution in [1.82, 2.24) is 18.7 Å². The molecule has 12 heteroatoms. The molecule has 3 aromatic heterocycles. The molecule has 0 saturated carbocycles. The van der Waals surface area contributed by atoms with Crippen LogP contribution in [0.25, 0.3) is 10.2 Å². The summed E-state index contributed by atoms with van der Waals surface area (Å²) in [5.74, 6) is 0. The molecule has 0 unspecified atom stereocenters. The smallest absolute Gasteiger partial charge is 0.383 e. The van der Waals surface area contributed by atoms with E-state index in [4.69, 9.17) is 4.74 Å². The molecule has 0 bridgehead atoms. The van der Waals surface area contributed by atoms with Gasteiger partial charge in [-0.3, -0.25) is 18.5 Å². The van der Waals surface area contributed by atoms with Gasteiger partial charge in [-0.05, 0) is 12.5 Å². The number of alkyl halides is 3. The van der Waals surface area contributed by atoms with Gasteiger partial charge in [-0.1, -0.05) is 0 Å². The Kier molecular flexibility index (Phi) is 5.85. The summed E-state index contributed by atoms with van der Waals surface area (Å²) in [5, 5.41) is 0.187. The van der Waals surface area contributed by atoms with E-state index in [1.165, 1.54) is 24.1 Å². The van der Waals surface area contributed by atoms with E-state index in [2.05, 4.69) is 4.98 Å². The molecule has 0 atom stereocenters. The van der Waals surface area contributed by atoms with Gasteiger partial charge in [-0.2, -0.15) is 13.2 Å². The molecule has 3 heterocycles. The van der Waals surface area contributed by atoms with Gasteiger partial charge in [0.25, 0.3) is 5.56 Å². The van der Waals surface area contributed by atoms with E-state index in [0.717, 1.165) is 20.5 Å². The predicted molar refractivity (Wildman–Crippen MR) is 102 cm³/mol. The minimum absolute atomic E-state index is 0.0642. The summed E-state index contributed by atoms with van der Waals surface area (Å²) in [7, 11) is 1.40. The van der Waals surface area contributed by atoms with Crippen molar-refractivity contribution in [3.8, 4) is 0 Å². The molecular weight excluding hydrogens is 413 g/mol. The van der Waals surface area contributed by atoms with Crippen LogP contribution in [0.1, 0.15) is 16.9 Å². The molecule has 0 amide bonds. The second-order valence-electron chi connectivity index (χ2n) is 6.47. The van der Waals surface area contributed by atoms with Gasteiger partial charge in [-0.25, -0.2) is 9.59 Å². The average Bonchev–Trinajstić information content (AvgIpc) is 3.18. The number of hydrogen-bond acceptors (Lipinski definition) is 5. The van der Waals surface area contributed by atoms with Crippen LogP contribution in [0.15, 0.2) is 26.8 Å². The Morgan fingerprint density at radius 3 is 2.48 bits per heavy atom. The molecule has 158 valence electrons. The highest BCUT2D eigenvalue weighted by Gasteiger charge is 2.28. The highest BCUT2D eigenvalue weighted by atomic mass is 32.1. The fraction of sp³-hybridized carbons (Fsp3) is 0.471. The van der Waals surface area contributed by atoms with E-state index >= 15 is 0 Å². The van der Waals surface area contributed by atoms with Crippen molar-refractivity contribution < 1.29 is 17.9 Å². The van der Waals surface area contributed by atoms with Gasteiger partial charge >= 0.3 is 17.6 Å². The lowest BCUT2D eigenvalue weighted by Crippen LogP contribution is -2.41. The molecular formula is C17H19F3N4O4S. The van der Waals surface area contributed by atoms with Crippen molar-refractivity contribution in [2.75, 3.05) is 13.7 Å². The predicted octanol–water partition coefficient (Wildman–Crippen LogP) is 1.67. The number of fused-ring (bicyclic) bond motifs is 1. The van der Waals surface area contributed by atoms with Crippen molar-refractivity contribution in [3.05, 3.63) is 54.2 Å². The van der Waals surface area contributed by atoms with Crippen LogP contribution in [0.2, 0.25) is 0 Å². The van der Waals surface area contributed by atoms with Gasteiger partial charge in [0.2, 0.25) is 0 Å². The van der Waals surface area contributed by atoms with Crippen molar-refractivity contribution in [3.63, 3.8) is 0 Å². The number of H-pyrrole nitrogens is 1. The van der Waals surface area contributed by atoms with Crippen molar-refractivity contribution >= 4 is 21.6 Å². The van der Waals surface area contributed by atoms with Crippen LogP contribution in [-0.2, 0) is 24.4 Å². The maximum Gasteiger partial charge on any atom is 0.390 e. The summed E-state index contributed by atoms with van der Waals surface area (Å²) in [6, 6.07) is 0. The zero-order valence-electron chi connectivity index (χ0n) is 15.7. The lowest BCUT2D eigenvalue weighted by Gasteiger charge is -2.13. The molecule has 0 saturated heterocycles. The molecule has 0 aliphatic heterocycles. The Bertz CT molecular complexity index is 1200. The Hall–Kier alpha value is -2.60. The van der Waals surface area contributed by atoms with Crippen LogP contribution < -0.4 is 16.9 Å². The van der Waals surface area contributed by atoms with E-state index in [1.807, 2.05) is 0 Å². The van der Waals surface area contributed by atoms with E-state index < -0.39 is 30.4 Å². The first-order valence-corrected chi connectivity index (χ1v) is 9.51. The van der Waals surface area contributed by atoms with Crippen LogP contribution in [0.5, 0.6) is 0 Å². The summed E-state index contributed by atoms with van der Waals surface area (Å²) in [5.41, 5.74) is -1.20. The number of aryl methyl sites for hydroxylation is 2. The van der Waals surface area contributed by atoms with E-state index in [0.29, 0.717) is 10.4 Å². The standard InChI is InChI=1S/C17H19F3N4O4S/c1-10-11(9-22-6-4-21-15(22)26)29-14-12(10)13(25)23(7-8-28-2)16(27)24(14)5-3-17(18,19)20/h4,6H,3,5,7-9H2,1-2H3,(H,21,26). The van der Waals surface area contributed by atoms with Gasteiger partial charge in [0, 0.05) is 30.9 Å². The third kappa shape index (κ3) is 4.22. The minimum atomic E-state index is -4.45. The average molecular weight is 432 g/mol. The van der Waals surface area contributed by atoms with E-state index in [9.17, 15) is 27.6 Å². The lowest BCUT2D eigenvalue weighted by molar-refractivity contribution is -0.136. The summed E-state index contributed by atoms with van der Waals surface area (Å²) >= 11 is 1.05. The zero-order valence-corrected chi connectivity index (χ0v) is 16.5. The SMILES string of the molecule is COCCn1c(=O)c2c(C)c(Cn3cc[nH]c3=O)sc2n(CCC(F)(F)F)c1=O. The largest absolute Gasteiger partial charge is 0.390 e. The van der Waals surface area contributed by atoms with E-state index in [-0.39, 0.29) is 35.6 Å². The van der Waals surface area contributed by atoms with Gasteiger partial charge in [-0.15, -0.1) is 11.3 Å². The number of aromatic amines is 1. The van der Waals surface area contributed by atoms with Crippen molar-refractivity contribution in [1.29, 1.82) is 0 Å². The molecule has 0 fully saturated rings. The van der Waals surface area contributed by atoms with E-state index in [1.54, 1.807) is 6.92 Å². The van der Waals surface area contributed by atoms with Crippen molar-refractivity contribution in [2.45, 2.75) is 39.2 Å². The first-order chi connectivity index (χ1) is 13.6. The summed E-state index contributed by atoms with van der Waals surface area (Å²) in [6.07, 6.45) is -2.66. The molecule has 1 N–H and O–H groups in total. The number of rotatable bonds is 7. The van der Waals surface area contributed by atoms with Gasteiger partial charge in [0.05, 0.1) is 31.5 Å². The molecule has 0 spiro atoms. The maximum atomic E-state index is 12.9. The van der Waals surface area contributed by atoms with Crippen LogP contribution >= 0.6 is 11.3 Å². The number of hydrogen-bond donors (Lipinski definition) is 1. The number of aromatic nitrogens is 4. The van der Waals surface area contributed by atoms with Crippen LogP contribution in [-0.4, -0.2) is 38.6 Å². The lowest BCUT2D eigenvalue weighted by atomic mass is 10.2. The highest BCUT2D eigenvalue weighted by molar-refractivity contribution is 7.18. The molecule has 8 nitrogen and oxygen atoms in total. The third-order valence-corrected chi connectivity index (χ3v) is 5.87. The normalized spacial score (nSPS) is 12.2. The molecule has 3 rings (SSSR count). The van der Waals surface area contributed by atoms with Crippen molar-refractivity contribution in [2.24, 2.45) is 0 Å². The number of nitrogens with one attached hydrogen (secondary N) is 1. The Morgan fingerprint density at radius 2 is 1.90 bits per heavy atom. The topological polar surface area (TPSA) is 91.0 Å². The molecule has 0 radical (unpaired) electrons. The van der Waals surface area contributed by atoms with Gasteiger partial charge < -0.3 is 9.72 Å². The zero-order chi connectivity index (χ0) is 21.3. The number of methoxy groups -OCH3 is 1. The summed E-state index contributed by atoms with van der Waals surface area (Å²) < 4.78 is 46.6. The van der Waals surface area contributed by atoms with Gasteiger partial charge in [0.15, 0.2) is 0 Å². The maximum absolute atomic E-state index is 12.9. The first-order valence-electron chi connectivity index (χ1n) is 8.69. The Balaban J connectivity index is 2.21. The number of ether oxygens (including phenoxy) is 1. The molecule has 0 aliphatic carbocycles. The highest BCUT2D eigenvalue weighted by Crippen LogP contribution is 2.29. The molecule has 29 heavy (non-hydrogen) atoms. The second-order valence-corrected chi connectivity index (χ2v) is 7.56. The molecule has 0 aliphatic rings. The Labute approximate surface area is 165 Å². The molecule has 3 aromatic rings. The van der Waals surface area contributed by atoms with Crippen LogP contribution in [0.3, 0.4) is 0 Å². The molecule has 0 aromatic carbocycles. The second kappa shape index (κ2) is 8.03. The quantitative estimate of drug-likeness (QED) is 0.615. The third-order valence-electron chi connectivity index (χ3n) is 4.57. The minimum Gasteiger partial charge on any atom is -0.383 e. The fourth-order valence-corrected chi connectivity index (χ4v) is 4.35. The number of imidazole rings is 1.